The summed E-state index contributed by atoms with van der Waals surface area (Å²) >= 11 is 5.78. The lowest BCUT2D eigenvalue weighted by Gasteiger charge is -2.11. The zero-order chi connectivity index (χ0) is 13.5. The van der Waals surface area contributed by atoms with Crippen LogP contribution in [0.25, 0.3) is 0 Å². The van der Waals surface area contributed by atoms with E-state index in [0.717, 1.165) is 42.6 Å². The first-order valence-electron chi connectivity index (χ1n) is 6.68. The number of anilines is 1. The van der Waals surface area contributed by atoms with Crippen LogP contribution in [0.3, 0.4) is 0 Å². The molecule has 0 saturated carbocycles. The van der Waals surface area contributed by atoms with E-state index in [4.69, 9.17) is 11.6 Å². The number of alkyl halides is 1. The summed E-state index contributed by atoms with van der Waals surface area (Å²) in [6, 6.07) is 2.05. The molecule has 3 nitrogen and oxygen atoms in total. The fourth-order valence-corrected chi connectivity index (χ4v) is 1.85. The van der Waals surface area contributed by atoms with E-state index in [1.54, 1.807) is 0 Å². The van der Waals surface area contributed by atoms with Crippen LogP contribution in [0.2, 0.25) is 0 Å². The van der Waals surface area contributed by atoms with Crippen molar-refractivity contribution < 1.29 is 0 Å². The van der Waals surface area contributed by atoms with Gasteiger partial charge < -0.3 is 5.32 Å². The molecule has 102 valence electrons. The first-order chi connectivity index (χ1) is 8.52. The van der Waals surface area contributed by atoms with Gasteiger partial charge in [0.15, 0.2) is 0 Å². The third kappa shape index (κ3) is 5.21. The summed E-state index contributed by atoms with van der Waals surface area (Å²) in [7, 11) is 0. The van der Waals surface area contributed by atoms with Crippen LogP contribution in [-0.2, 0) is 0 Å². The molecule has 0 aliphatic rings. The van der Waals surface area contributed by atoms with Crippen LogP contribution in [0.15, 0.2) is 6.07 Å². The van der Waals surface area contributed by atoms with Gasteiger partial charge in [-0.05, 0) is 37.7 Å². The highest BCUT2D eigenvalue weighted by Gasteiger charge is 2.05. The molecule has 0 saturated heterocycles. The Morgan fingerprint density at radius 3 is 2.61 bits per heavy atom. The second-order valence-corrected chi connectivity index (χ2v) is 5.55. The number of hydrogen-bond acceptors (Lipinski definition) is 3. The first kappa shape index (κ1) is 15.2. The Kier molecular flexibility index (Phi) is 6.41. The molecule has 0 aliphatic heterocycles. The minimum absolute atomic E-state index is 0.434. The molecule has 0 spiro atoms. The summed E-state index contributed by atoms with van der Waals surface area (Å²) in [6.45, 7) is 9.38. The summed E-state index contributed by atoms with van der Waals surface area (Å²) in [4.78, 5) is 8.93. The normalized spacial score (nSPS) is 12.8. The maximum atomic E-state index is 5.78. The van der Waals surface area contributed by atoms with E-state index in [1.165, 1.54) is 0 Å². The zero-order valence-corrected chi connectivity index (χ0v) is 12.6. The molecule has 0 bridgehead atoms. The lowest BCUT2D eigenvalue weighted by Crippen LogP contribution is -2.09. The molecular formula is C14H24ClN3. The van der Waals surface area contributed by atoms with Crippen LogP contribution < -0.4 is 5.32 Å². The topological polar surface area (TPSA) is 37.8 Å². The summed E-state index contributed by atoms with van der Waals surface area (Å²) in [5, 5.41) is 3.29. The quantitative estimate of drug-likeness (QED) is 0.601. The van der Waals surface area contributed by atoms with E-state index in [1.807, 2.05) is 13.0 Å². The summed E-state index contributed by atoms with van der Waals surface area (Å²) in [6.07, 6.45) is 2.24. The molecule has 1 unspecified atom stereocenters. The molecule has 0 fully saturated rings. The van der Waals surface area contributed by atoms with Crippen LogP contribution in [0.4, 0.5) is 5.95 Å². The van der Waals surface area contributed by atoms with Crippen molar-refractivity contribution in [2.45, 2.75) is 46.5 Å². The van der Waals surface area contributed by atoms with Crippen LogP contribution in [0, 0.1) is 12.8 Å². The first-order valence-corrected chi connectivity index (χ1v) is 7.21. The standard InChI is InChI=1S/C14H24ClN3/c1-10(2)13-8-12(4)17-14(18-13)16-7-5-6-11(3)9-15/h8,10-11H,5-7,9H2,1-4H3,(H,16,17,18). The van der Waals surface area contributed by atoms with Gasteiger partial charge in [0.2, 0.25) is 5.95 Å². The van der Waals surface area contributed by atoms with Gasteiger partial charge in [-0.1, -0.05) is 20.8 Å². The SMILES string of the molecule is Cc1cc(C(C)C)nc(NCCCC(C)CCl)n1. The van der Waals surface area contributed by atoms with Crippen molar-refractivity contribution in [2.75, 3.05) is 17.7 Å². The smallest absolute Gasteiger partial charge is 0.223 e. The minimum Gasteiger partial charge on any atom is -0.354 e. The lowest BCUT2D eigenvalue weighted by atomic mass is 10.1. The Hall–Kier alpha value is -0.830. The van der Waals surface area contributed by atoms with Crippen LogP contribution >= 0.6 is 11.6 Å². The zero-order valence-electron chi connectivity index (χ0n) is 11.8. The maximum absolute atomic E-state index is 5.78. The Balaban J connectivity index is 2.47. The molecule has 1 N–H and O–H groups in total. The van der Waals surface area contributed by atoms with E-state index in [0.29, 0.717) is 11.8 Å². The number of rotatable bonds is 7. The molecule has 0 aromatic carbocycles. The summed E-state index contributed by atoms with van der Waals surface area (Å²) in [5.41, 5.74) is 2.12. The molecule has 0 amide bonds. The summed E-state index contributed by atoms with van der Waals surface area (Å²) in [5.74, 6) is 2.50. The number of aromatic nitrogens is 2. The number of nitrogens with one attached hydrogen (secondary N) is 1. The monoisotopic (exact) mass is 269 g/mol. The molecule has 1 rings (SSSR count). The van der Waals surface area contributed by atoms with Crippen LogP contribution in [-0.4, -0.2) is 22.4 Å². The molecular weight excluding hydrogens is 246 g/mol. The second kappa shape index (κ2) is 7.57. The van der Waals surface area contributed by atoms with Crippen LogP contribution in [0.5, 0.6) is 0 Å². The number of aryl methyl sites for hydroxylation is 1. The van der Waals surface area contributed by atoms with Crippen molar-refractivity contribution in [3.8, 4) is 0 Å². The van der Waals surface area contributed by atoms with Gasteiger partial charge in [-0.2, -0.15) is 0 Å². The molecule has 1 heterocycles. The highest BCUT2D eigenvalue weighted by Crippen LogP contribution is 2.14. The van der Waals surface area contributed by atoms with E-state index in [9.17, 15) is 0 Å². The Labute approximate surface area is 115 Å². The molecule has 0 aliphatic carbocycles. The van der Waals surface area contributed by atoms with E-state index >= 15 is 0 Å². The Morgan fingerprint density at radius 1 is 1.28 bits per heavy atom. The third-order valence-corrected chi connectivity index (χ3v) is 3.41. The van der Waals surface area contributed by atoms with E-state index in [2.05, 4.69) is 36.1 Å². The highest BCUT2D eigenvalue weighted by molar-refractivity contribution is 6.18. The Bertz CT molecular complexity index is 366. The van der Waals surface area contributed by atoms with Crippen LogP contribution in [0.1, 0.15) is 50.9 Å². The van der Waals surface area contributed by atoms with E-state index < -0.39 is 0 Å². The number of nitrogens with zero attached hydrogens (tertiary/aromatic N) is 2. The molecule has 1 atom stereocenters. The number of halogens is 1. The van der Waals surface area contributed by atoms with Gasteiger partial charge in [0.05, 0.1) is 0 Å². The molecule has 4 heteroatoms. The average molecular weight is 270 g/mol. The molecule has 0 radical (unpaired) electrons. The van der Waals surface area contributed by atoms with Gasteiger partial charge in [-0.15, -0.1) is 11.6 Å². The average Bonchev–Trinajstić information content (AvgIpc) is 2.33. The predicted molar refractivity (Wildman–Crippen MR) is 78.5 cm³/mol. The summed E-state index contributed by atoms with van der Waals surface area (Å²) < 4.78 is 0. The molecule has 1 aromatic heterocycles. The number of hydrogen-bond donors (Lipinski definition) is 1. The van der Waals surface area contributed by atoms with Gasteiger partial charge >= 0.3 is 0 Å². The highest BCUT2D eigenvalue weighted by atomic mass is 35.5. The largest absolute Gasteiger partial charge is 0.354 e. The van der Waals surface area contributed by atoms with Gasteiger partial charge in [0.25, 0.3) is 0 Å². The molecule has 1 aromatic rings. The van der Waals surface area contributed by atoms with Gasteiger partial charge in [-0.25, -0.2) is 9.97 Å². The van der Waals surface area contributed by atoms with E-state index in [-0.39, 0.29) is 0 Å². The third-order valence-electron chi connectivity index (χ3n) is 2.89. The predicted octanol–water partition coefficient (Wildman–Crippen LogP) is 3.98. The lowest BCUT2D eigenvalue weighted by molar-refractivity contribution is 0.572. The van der Waals surface area contributed by atoms with Gasteiger partial charge in [0, 0.05) is 23.8 Å². The molecule has 18 heavy (non-hydrogen) atoms. The Morgan fingerprint density at radius 2 is 2.00 bits per heavy atom. The van der Waals surface area contributed by atoms with Crippen molar-refractivity contribution in [1.82, 2.24) is 9.97 Å². The van der Waals surface area contributed by atoms with Crippen molar-refractivity contribution in [3.05, 3.63) is 17.5 Å². The fourth-order valence-electron chi connectivity index (χ4n) is 1.70. The maximum Gasteiger partial charge on any atom is 0.223 e. The van der Waals surface area contributed by atoms with Crippen molar-refractivity contribution in [3.63, 3.8) is 0 Å². The minimum atomic E-state index is 0.434. The van der Waals surface area contributed by atoms with Gasteiger partial charge in [-0.3, -0.25) is 0 Å². The van der Waals surface area contributed by atoms with Gasteiger partial charge in [0.1, 0.15) is 0 Å². The van der Waals surface area contributed by atoms with Crippen molar-refractivity contribution in [2.24, 2.45) is 5.92 Å². The van der Waals surface area contributed by atoms with Crippen molar-refractivity contribution in [1.29, 1.82) is 0 Å². The second-order valence-electron chi connectivity index (χ2n) is 5.24. The van der Waals surface area contributed by atoms with Crippen molar-refractivity contribution >= 4 is 17.5 Å². The fraction of sp³-hybridized carbons (Fsp3) is 0.714.